The first-order valence-corrected chi connectivity index (χ1v) is 14.0. The topological polar surface area (TPSA) is 96.0 Å². The SMILES string of the molecule is CC[C@@H](C)NC(=O)[C@H](CC)N(Cc1ccc(OC)cc1)C(=O)CN(c1cccc(C)c1C)S(C)(=O)=O. The Hall–Kier alpha value is -3.07. The zero-order valence-corrected chi connectivity index (χ0v) is 23.2. The number of sulfonamides is 1. The Kier molecular flexibility index (Phi) is 10.3. The highest BCUT2D eigenvalue weighted by Crippen LogP contribution is 2.26. The third-order valence-electron chi connectivity index (χ3n) is 6.42. The number of carbonyl (C=O) groups excluding carboxylic acids is 2. The molecule has 198 valence electrons. The standard InChI is InChI=1S/C27H39N3O5S/c1-8-20(4)28-27(32)24(9-2)29(17-22-13-15-23(35-6)16-14-22)26(31)18-30(36(7,33)34)25-12-10-11-19(3)21(25)5/h10-16,20,24H,8-9,17-18H2,1-7H3,(H,28,32)/t20-,24+/m1/s1. The number of benzene rings is 2. The van der Waals surface area contributed by atoms with Crippen molar-refractivity contribution in [2.24, 2.45) is 0 Å². The molecule has 0 heterocycles. The summed E-state index contributed by atoms with van der Waals surface area (Å²) >= 11 is 0. The predicted molar refractivity (Wildman–Crippen MR) is 144 cm³/mol. The maximum atomic E-state index is 13.8. The molecule has 36 heavy (non-hydrogen) atoms. The van der Waals surface area contributed by atoms with Crippen LogP contribution in [0.4, 0.5) is 5.69 Å². The molecule has 0 unspecified atom stereocenters. The number of hydrogen-bond donors (Lipinski definition) is 1. The first kappa shape index (κ1) is 29.2. The van der Waals surface area contributed by atoms with E-state index in [2.05, 4.69) is 5.32 Å². The fourth-order valence-corrected chi connectivity index (χ4v) is 4.79. The van der Waals surface area contributed by atoms with Gasteiger partial charge in [0.05, 0.1) is 19.1 Å². The average molecular weight is 518 g/mol. The molecule has 9 heteroatoms. The van der Waals surface area contributed by atoms with E-state index >= 15 is 0 Å². The summed E-state index contributed by atoms with van der Waals surface area (Å²) in [6, 6.07) is 11.8. The van der Waals surface area contributed by atoms with Crippen molar-refractivity contribution >= 4 is 27.5 Å². The minimum atomic E-state index is -3.77. The summed E-state index contributed by atoms with van der Waals surface area (Å²) in [6.07, 6.45) is 2.22. The summed E-state index contributed by atoms with van der Waals surface area (Å²) in [4.78, 5) is 28.4. The number of hydrogen-bond acceptors (Lipinski definition) is 5. The van der Waals surface area contributed by atoms with Gasteiger partial charge in [0.2, 0.25) is 21.8 Å². The van der Waals surface area contributed by atoms with Crippen LogP contribution in [0.3, 0.4) is 0 Å². The summed E-state index contributed by atoms with van der Waals surface area (Å²) in [5, 5.41) is 2.97. The van der Waals surface area contributed by atoms with Gasteiger partial charge in [0.1, 0.15) is 18.3 Å². The van der Waals surface area contributed by atoms with E-state index in [-0.39, 0.29) is 18.5 Å². The van der Waals surface area contributed by atoms with Crippen molar-refractivity contribution in [2.45, 2.75) is 66.1 Å². The van der Waals surface area contributed by atoms with E-state index in [1.54, 1.807) is 31.4 Å². The summed E-state index contributed by atoms with van der Waals surface area (Å²) < 4.78 is 32.0. The number of aryl methyl sites for hydroxylation is 1. The van der Waals surface area contributed by atoms with Crippen LogP contribution >= 0.6 is 0 Å². The second-order valence-corrected chi connectivity index (χ2v) is 11.0. The number of nitrogens with one attached hydrogen (secondary N) is 1. The normalized spacial score (nSPS) is 13.0. The van der Waals surface area contributed by atoms with Crippen LogP contribution in [0, 0.1) is 13.8 Å². The molecular formula is C27H39N3O5S. The first-order valence-electron chi connectivity index (χ1n) is 12.2. The summed E-state index contributed by atoms with van der Waals surface area (Å²) in [5.41, 5.74) is 2.95. The minimum Gasteiger partial charge on any atom is -0.497 e. The average Bonchev–Trinajstić information content (AvgIpc) is 2.83. The molecule has 0 aromatic heterocycles. The van der Waals surface area contributed by atoms with Crippen LogP contribution < -0.4 is 14.4 Å². The Balaban J connectivity index is 2.48. The minimum absolute atomic E-state index is 0.0491. The second kappa shape index (κ2) is 12.8. The van der Waals surface area contributed by atoms with Crippen LogP contribution in [0.15, 0.2) is 42.5 Å². The lowest BCUT2D eigenvalue weighted by atomic mass is 10.1. The third kappa shape index (κ3) is 7.46. The van der Waals surface area contributed by atoms with Gasteiger partial charge < -0.3 is 15.0 Å². The van der Waals surface area contributed by atoms with E-state index < -0.39 is 28.5 Å². The monoisotopic (exact) mass is 517 g/mol. The molecule has 2 aromatic carbocycles. The van der Waals surface area contributed by atoms with Crippen molar-refractivity contribution < 1.29 is 22.7 Å². The zero-order valence-electron chi connectivity index (χ0n) is 22.4. The molecule has 0 aliphatic heterocycles. The maximum absolute atomic E-state index is 13.8. The summed E-state index contributed by atoms with van der Waals surface area (Å²) in [7, 11) is -2.20. The van der Waals surface area contributed by atoms with Crippen LogP contribution in [0.2, 0.25) is 0 Å². The van der Waals surface area contributed by atoms with E-state index in [1.165, 1.54) is 4.90 Å². The zero-order chi connectivity index (χ0) is 27.0. The van der Waals surface area contributed by atoms with Gasteiger partial charge in [-0.3, -0.25) is 13.9 Å². The second-order valence-electron chi connectivity index (χ2n) is 9.10. The Morgan fingerprint density at radius 3 is 2.19 bits per heavy atom. The van der Waals surface area contributed by atoms with Crippen molar-refractivity contribution in [1.29, 1.82) is 0 Å². The molecule has 0 aliphatic rings. The maximum Gasteiger partial charge on any atom is 0.244 e. The van der Waals surface area contributed by atoms with Crippen molar-refractivity contribution in [1.82, 2.24) is 10.2 Å². The van der Waals surface area contributed by atoms with Crippen LogP contribution in [-0.4, -0.2) is 57.1 Å². The van der Waals surface area contributed by atoms with Crippen molar-refractivity contribution in [2.75, 3.05) is 24.2 Å². The van der Waals surface area contributed by atoms with Crippen LogP contribution in [0.5, 0.6) is 5.75 Å². The molecule has 0 saturated carbocycles. The first-order chi connectivity index (χ1) is 16.9. The molecule has 1 N–H and O–H groups in total. The smallest absolute Gasteiger partial charge is 0.244 e. The van der Waals surface area contributed by atoms with Crippen molar-refractivity contribution in [3.63, 3.8) is 0 Å². The molecule has 2 atom stereocenters. The fraction of sp³-hybridized carbons (Fsp3) is 0.481. The largest absolute Gasteiger partial charge is 0.497 e. The molecule has 0 saturated heterocycles. The predicted octanol–water partition coefficient (Wildman–Crippen LogP) is 3.80. The van der Waals surface area contributed by atoms with Gasteiger partial charge in [0.15, 0.2) is 0 Å². The highest BCUT2D eigenvalue weighted by atomic mass is 32.2. The van der Waals surface area contributed by atoms with E-state index in [1.807, 2.05) is 52.8 Å². The highest BCUT2D eigenvalue weighted by Gasteiger charge is 2.32. The number of amides is 2. The highest BCUT2D eigenvalue weighted by molar-refractivity contribution is 7.92. The van der Waals surface area contributed by atoms with E-state index in [9.17, 15) is 18.0 Å². The lowest BCUT2D eigenvalue weighted by Gasteiger charge is -2.33. The van der Waals surface area contributed by atoms with Gasteiger partial charge in [0.25, 0.3) is 0 Å². The molecule has 2 aromatic rings. The Labute approximate surface area is 215 Å². The Morgan fingerprint density at radius 1 is 1.03 bits per heavy atom. The number of ether oxygens (including phenoxy) is 1. The van der Waals surface area contributed by atoms with Crippen molar-refractivity contribution in [3.05, 3.63) is 59.2 Å². The van der Waals surface area contributed by atoms with Gasteiger partial charge in [-0.05, 0) is 68.5 Å². The molecule has 0 fully saturated rings. The quantitative estimate of drug-likeness (QED) is 0.462. The van der Waals surface area contributed by atoms with E-state index in [0.717, 1.165) is 33.7 Å². The van der Waals surface area contributed by atoms with Gasteiger partial charge in [-0.1, -0.05) is 38.1 Å². The molecule has 0 spiro atoms. The van der Waals surface area contributed by atoms with Gasteiger partial charge in [0, 0.05) is 12.6 Å². The number of carbonyl (C=O) groups is 2. The van der Waals surface area contributed by atoms with Gasteiger partial charge in [-0.2, -0.15) is 0 Å². The fourth-order valence-electron chi connectivity index (χ4n) is 3.89. The van der Waals surface area contributed by atoms with Crippen LogP contribution in [0.1, 0.15) is 50.3 Å². The van der Waals surface area contributed by atoms with E-state index in [0.29, 0.717) is 17.9 Å². The van der Waals surface area contributed by atoms with Crippen molar-refractivity contribution in [3.8, 4) is 5.75 Å². The molecule has 8 nitrogen and oxygen atoms in total. The number of nitrogens with zero attached hydrogens (tertiary/aromatic N) is 2. The molecule has 2 rings (SSSR count). The molecule has 2 amide bonds. The number of anilines is 1. The van der Waals surface area contributed by atoms with Gasteiger partial charge in [-0.25, -0.2) is 8.42 Å². The van der Waals surface area contributed by atoms with Gasteiger partial charge in [-0.15, -0.1) is 0 Å². The third-order valence-corrected chi connectivity index (χ3v) is 7.55. The number of rotatable bonds is 12. The summed E-state index contributed by atoms with van der Waals surface area (Å²) in [6.45, 7) is 9.19. The lowest BCUT2D eigenvalue weighted by molar-refractivity contribution is -0.140. The molecule has 0 bridgehead atoms. The van der Waals surface area contributed by atoms with Gasteiger partial charge >= 0.3 is 0 Å². The Bertz CT molecular complexity index is 1150. The van der Waals surface area contributed by atoms with Crippen LogP contribution in [-0.2, 0) is 26.2 Å². The summed E-state index contributed by atoms with van der Waals surface area (Å²) in [5.74, 6) is -0.0361. The Morgan fingerprint density at radius 2 is 1.67 bits per heavy atom. The molecular weight excluding hydrogens is 478 g/mol. The number of methoxy groups -OCH3 is 1. The molecule has 0 aliphatic carbocycles. The van der Waals surface area contributed by atoms with Crippen LogP contribution in [0.25, 0.3) is 0 Å². The lowest BCUT2D eigenvalue weighted by Crippen LogP contribution is -2.53. The van der Waals surface area contributed by atoms with E-state index in [4.69, 9.17) is 4.74 Å². The molecule has 0 radical (unpaired) electrons.